The van der Waals surface area contributed by atoms with Crippen LogP contribution in [0.1, 0.15) is 6.42 Å². The lowest BCUT2D eigenvalue weighted by molar-refractivity contribution is -0.115. The van der Waals surface area contributed by atoms with E-state index in [2.05, 4.69) is 10.6 Å². The van der Waals surface area contributed by atoms with E-state index in [1.165, 1.54) is 6.07 Å². The number of rotatable bonds is 6. The van der Waals surface area contributed by atoms with Gasteiger partial charge in [0.25, 0.3) is 0 Å². The molecule has 4 nitrogen and oxygen atoms in total. The van der Waals surface area contributed by atoms with Crippen molar-refractivity contribution in [3.8, 4) is 5.75 Å². The second-order valence-electron chi connectivity index (χ2n) is 4.59. The first-order chi connectivity index (χ1) is 10.6. The molecule has 0 aromatic heterocycles. The van der Waals surface area contributed by atoms with Gasteiger partial charge in [0.2, 0.25) is 5.91 Å². The fourth-order valence-electron chi connectivity index (χ4n) is 1.85. The number of carbonyl (C=O) groups is 1. The molecular formula is C16H16F2N2O2. The van der Waals surface area contributed by atoms with Gasteiger partial charge in [-0.3, -0.25) is 4.79 Å². The van der Waals surface area contributed by atoms with Crippen LogP contribution in [0.15, 0.2) is 42.5 Å². The number of anilines is 2. The summed E-state index contributed by atoms with van der Waals surface area (Å²) in [5.74, 6) is -1.51. The fraction of sp³-hybridized carbons (Fsp3) is 0.188. The van der Waals surface area contributed by atoms with Crippen molar-refractivity contribution in [3.63, 3.8) is 0 Å². The monoisotopic (exact) mass is 306 g/mol. The number of methoxy groups -OCH3 is 1. The third-order valence-electron chi connectivity index (χ3n) is 2.95. The molecule has 2 aromatic rings. The number of carbonyl (C=O) groups excluding carboxylic acids is 1. The van der Waals surface area contributed by atoms with Crippen molar-refractivity contribution >= 4 is 17.3 Å². The fourth-order valence-corrected chi connectivity index (χ4v) is 1.85. The lowest BCUT2D eigenvalue weighted by Crippen LogP contribution is -2.16. The second kappa shape index (κ2) is 7.40. The standard InChI is InChI=1S/C16H16F2N2O2/c1-22-13-4-2-3-11(9-13)19-8-7-16(21)20-12-5-6-14(17)15(18)10-12/h2-6,9-10,19H,7-8H2,1H3,(H,20,21). The van der Waals surface area contributed by atoms with Crippen LogP contribution in [-0.2, 0) is 4.79 Å². The van der Waals surface area contributed by atoms with Gasteiger partial charge in [-0.15, -0.1) is 0 Å². The van der Waals surface area contributed by atoms with Crippen molar-refractivity contribution in [2.75, 3.05) is 24.3 Å². The number of hydrogen-bond acceptors (Lipinski definition) is 3. The Labute approximate surface area is 127 Å². The van der Waals surface area contributed by atoms with Crippen molar-refractivity contribution in [2.45, 2.75) is 6.42 Å². The molecule has 2 rings (SSSR count). The topological polar surface area (TPSA) is 50.4 Å². The van der Waals surface area contributed by atoms with Gasteiger partial charge in [-0.05, 0) is 24.3 Å². The maximum absolute atomic E-state index is 13.0. The number of ether oxygens (including phenoxy) is 1. The lowest BCUT2D eigenvalue weighted by atomic mass is 10.2. The van der Waals surface area contributed by atoms with Crippen LogP contribution in [0.2, 0.25) is 0 Å². The summed E-state index contributed by atoms with van der Waals surface area (Å²) in [4.78, 5) is 11.7. The quantitative estimate of drug-likeness (QED) is 0.860. The van der Waals surface area contributed by atoms with Crippen molar-refractivity contribution in [1.29, 1.82) is 0 Å². The Kier molecular flexibility index (Phi) is 5.30. The number of nitrogens with one attached hydrogen (secondary N) is 2. The molecule has 0 spiro atoms. The van der Waals surface area contributed by atoms with Gasteiger partial charge in [0.1, 0.15) is 5.75 Å². The summed E-state index contributed by atoms with van der Waals surface area (Å²) in [6.45, 7) is 0.405. The van der Waals surface area contributed by atoms with Gasteiger partial charge in [-0.25, -0.2) is 8.78 Å². The zero-order chi connectivity index (χ0) is 15.9. The molecule has 0 saturated heterocycles. The van der Waals surface area contributed by atoms with Crippen molar-refractivity contribution in [2.24, 2.45) is 0 Å². The van der Waals surface area contributed by atoms with Crippen molar-refractivity contribution < 1.29 is 18.3 Å². The van der Waals surface area contributed by atoms with Gasteiger partial charge >= 0.3 is 0 Å². The first kappa shape index (κ1) is 15.8. The average Bonchev–Trinajstić information content (AvgIpc) is 2.51. The highest BCUT2D eigenvalue weighted by molar-refractivity contribution is 5.90. The zero-order valence-electron chi connectivity index (χ0n) is 12.0. The Balaban J connectivity index is 1.81. The highest BCUT2D eigenvalue weighted by Gasteiger charge is 2.06. The summed E-state index contributed by atoms with van der Waals surface area (Å²) < 4.78 is 30.9. The van der Waals surface area contributed by atoms with E-state index in [0.29, 0.717) is 6.54 Å². The molecule has 0 saturated carbocycles. The van der Waals surface area contributed by atoms with Crippen LogP contribution in [0.3, 0.4) is 0 Å². The highest BCUT2D eigenvalue weighted by atomic mass is 19.2. The normalized spacial score (nSPS) is 10.1. The molecule has 6 heteroatoms. The molecule has 0 atom stereocenters. The van der Waals surface area contributed by atoms with Crippen LogP contribution in [-0.4, -0.2) is 19.6 Å². The molecule has 0 aliphatic carbocycles. The van der Waals surface area contributed by atoms with E-state index in [-0.39, 0.29) is 18.0 Å². The summed E-state index contributed by atoms with van der Waals surface area (Å²) in [5, 5.41) is 5.59. The third kappa shape index (κ3) is 4.44. The predicted molar refractivity (Wildman–Crippen MR) is 81.1 cm³/mol. The first-order valence-electron chi connectivity index (χ1n) is 6.71. The molecule has 0 radical (unpaired) electrons. The largest absolute Gasteiger partial charge is 0.497 e. The minimum atomic E-state index is -0.993. The number of hydrogen-bond donors (Lipinski definition) is 2. The van der Waals surface area contributed by atoms with E-state index in [1.807, 2.05) is 24.3 Å². The molecular weight excluding hydrogens is 290 g/mol. The molecule has 116 valence electrons. The van der Waals surface area contributed by atoms with Gasteiger partial charge < -0.3 is 15.4 Å². The molecule has 22 heavy (non-hydrogen) atoms. The summed E-state index contributed by atoms with van der Waals surface area (Å²) in [7, 11) is 1.58. The first-order valence-corrected chi connectivity index (χ1v) is 6.71. The molecule has 0 fully saturated rings. The Hall–Kier alpha value is -2.63. The highest BCUT2D eigenvalue weighted by Crippen LogP contribution is 2.17. The summed E-state index contributed by atoms with van der Waals surface area (Å²) in [6, 6.07) is 10.6. The molecule has 2 N–H and O–H groups in total. The average molecular weight is 306 g/mol. The second-order valence-corrected chi connectivity index (χ2v) is 4.59. The van der Waals surface area contributed by atoms with Gasteiger partial charge in [-0.1, -0.05) is 6.07 Å². The molecule has 0 bridgehead atoms. The number of halogens is 2. The Morgan fingerprint density at radius 1 is 1.09 bits per heavy atom. The maximum Gasteiger partial charge on any atom is 0.226 e. The summed E-state index contributed by atoms with van der Waals surface area (Å²) >= 11 is 0. The van der Waals surface area contributed by atoms with E-state index in [1.54, 1.807) is 7.11 Å². The van der Waals surface area contributed by atoms with E-state index >= 15 is 0 Å². The van der Waals surface area contributed by atoms with Crippen LogP contribution in [0.4, 0.5) is 20.2 Å². The van der Waals surface area contributed by atoms with Gasteiger partial charge in [-0.2, -0.15) is 0 Å². The van der Waals surface area contributed by atoms with Crippen LogP contribution >= 0.6 is 0 Å². The Morgan fingerprint density at radius 3 is 2.64 bits per heavy atom. The smallest absolute Gasteiger partial charge is 0.226 e. The lowest BCUT2D eigenvalue weighted by Gasteiger charge is -2.09. The third-order valence-corrected chi connectivity index (χ3v) is 2.95. The van der Waals surface area contributed by atoms with Crippen molar-refractivity contribution in [1.82, 2.24) is 0 Å². The summed E-state index contributed by atoms with van der Waals surface area (Å²) in [6.07, 6.45) is 0.191. The molecule has 1 amide bonds. The van der Waals surface area contributed by atoms with Crippen LogP contribution in [0, 0.1) is 11.6 Å². The molecule has 2 aromatic carbocycles. The van der Waals surface area contributed by atoms with Gasteiger partial charge in [0.15, 0.2) is 11.6 Å². The van der Waals surface area contributed by atoms with E-state index < -0.39 is 11.6 Å². The van der Waals surface area contributed by atoms with Crippen LogP contribution < -0.4 is 15.4 Å². The predicted octanol–water partition coefficient (Wildman–Crippen LogP) is 3.41. The SMILES string of the molecule is COc1cccc(NCCC(=O)Nc2ccc(F)c(F)c2)c1. The van der Waals surface area contributed by atoms with Gasteiger partial charge in [0.05, 0.1) is 7.11 Å². The van der Waals surface area contributed by atoms with Gasteiger partial charge in [0, 0.05) is 36.5 Å². The number of amides is 1. The van der Waals surface area contributed by atoms with E-state index in [9.17, 15) is 13.6 Å². The zero-order valence-corrected chi connectivity index (χ0v) is 12.0. The van der Waals surface area contributed by atoms with E-state index in [0.717, 1.165) is 23.6 Å². The molecule has 0 aliphatic rings. The minimum Gasteiger partial charge on any atom is -0.497 e. The molecule has 0 unspecified atom stereocenters. The summed E-state index contributed by atoms with van der Waals surface area (Å²) in [5.41, 5.74) is 1.06. The Bertz CT molecular complexity index is 662. The molecule has 0 aliphatic heterocycles. The maximum atomic E-state index is 13.0. The Morgan fingerprint density at radius 2 is 1.91 bits per heavy atom. The van der Waals surface area contributed by atoms with Crippen LogP contribution in [0.5, 0.6) is 5.75 Å². The minimum absolute atomic E-state index is 0.191. The van der Waals surface area contributed by atoms with Crippen LogP contribution in [0.25, 0.3) is 0 Å². The number of benzene rings is 2. The molecule has 0 heterocycles. The van der Waals surface area contributed by atoms with Crippen molar-refractivity contribution in [3.05, 3.63) is 54.1 Å². The van der Waals surface area contributed by atoms with E-state index in [4.69, 9.17) is 4.74 Å².